The predicted molar refractivity (Wildman–Crippen MR) is 122 cm³/mol. The number of amides is 2. The lowest BCUT2D eigenvalue weighted by Gasteiger charge is -2.26. The monoisotopic (exact) mass is 461 g/mol. The van der Waals surface area contributed by atoms with Gasteiger partial charge in [-0.05, 0) is 24.3 Å². The minimum absolute atomic E-state index is 0.0459. The van der Waals surface area contributed by atoms with Gasteiger partial charge in [-0.2, -0.15) is 0 Å². The van der Waals surface area contributed by atoms with Gasteiger partial charge in [0.1, 0.15) is 11.4 Å². The van der Waals surface area contributed by atoms with Gasteiger partial charge in [0.05, 0.1) is 18.9 Å². The van der Waals surface area contributed by atoms with Gasteiger partial charge in [0.25, 0.3) is 11.8 Å². The third-order valence-electron chi connectivity index (χ3n) is 5.13. The number of carbonyl (C=O) groups excluding carboxylic acids is 2. The van der Waals surface area contributed by atoms with E-state index in [-0.39, 0.29) is 11.7 Å². The molecule has 166 valence electrons. The van der Waals surface area contributed by atoms with E-state index in [1.54, 1.807) is 35.4 Å². The Balaban J connectivity index is 1.30. The van der Waals surface area contributed by atoms with E-state index in [4.69, 9.17) is 9.15 Å². The van der Waals surface area contributed by atoms with Gasteiger partial charge in [-0.3, -0.25) is 19.9 Å². The van der Waals surface area contributed by atoms with Crippen LogP contribution in [-0.2, 0) is 4.74 Å². The zero-order valence-corrected chi connectivity index (χ0v) is 18.2. The number of thiazole rings is 1. The molecule has 3 aromatic heterocycles. The fourth-order valence-electron chi connectivity index (χ4n) is 3.45. The Morgan fingerprint density at radius 2 is 1.82 bits per heavy atom. The summed E-state index contributed by atoms with van der Waals surface area (Å²) >= 11 is 1.29. The van der Waals surface area contributed by atoms with Crippen molar-refractivity contribution in [3.05, 3.63) is 71.8 Å². The van der Waals surface area contributed by atoms with Crippen LogP contribution in [0.25, 0.3) is 22.6 Å². The molecular weight excluding hydrogens is 442 g/mol. The summed E-state index contributed by atoms with van der Waals surface area (Å²) in [6.07, 6.45) is 2.91. The summed E-state index contributed by atoms with van der Waals surface area (Å²) in [5, 5.41) is 5.00. The molecule has 1 aliphatic rings. The average molecular weight is 462 g/mol. The fourth-order valence-corrected chi connectivity index (χ4v) is 4.15. The van der Waals surface area contributed by atoms with Gasteiger partial charge in [0.2, 0.25) is 5.76 Å². The Kier molecular flexibility index (Phi) is 5.92. The number of morpholine rings is 1. The van der Waals surface area contributed by atoms with Crippen molar-refractivity contribution in [2.45, 2.75) is 0 Å². The number of nitrogens with one attached hydrogen (secondary N) is 1. The van der Waals surface area contributed by atoms with Crippen molar-refractivity contribution in [3.63, 3.8) is 0 Å². The summed E-state index contributed by atoms with van der Waals surface area (Å²) in [5.41, 5.74) is 3.02. The van der Waals surface area contributed by atoms with Crippen LogP contribution in [0.2, 0.25) is 0 Å². The molecule has 0 aliphatic carbocycles. The number of carbonyl (C=O) groups is 2. The zero-order valence-electron chi connectivity index (χ0n) is 17.4. The first kappa shape index (κ1) is 21.0. The number of nitrogens with zero attached hydrogens (tertiary/aromatic N) is 4. The Labute approximate surface area is 193 Å². The Morgan fingerprint density at radius 3 is 2.58 bits per heavy atom. The van der Waals surface area contributed by atoms with Gasteiger partial charge in [0, 0.05) is 35.8 Å². The molecule has 0 saturated carbocycles. The van der Waals surface area contributed by atoms with Crippen molar-refractivity contribution < 1.29 is 18.7 Å². The van der Waals surface area contributed by atoms with Gasteiger partial charge >= 0.3 is 0 Å². The number of aromatic nitrogens is 3. The first-order valence-corrected chi connectivity index (χ1v) is 11.2. The Morgan fingerprint density at radius 1 is 1.00 bits per heavy atom. The fraction of sp³-hybridized carbons (Fsp3) is 0.174. The Hall–Kier alpha value is -3.89. The van der Waals surface area contributed by atoms with E-state index in [1.165, 1.54) is 17.7 Å². The highest BCUT2D eigenvalue weighted by molar-refractivity contribution is 7.14. The quantitative estimate of drug-likeness (QED) is 0.484. The van der Waals surface area contributed by atoms with Crippen LogP contribution in [0.4, 0.5) is 5.13 Å². The molecule has 1 aromatic carbocycles. The molecule has 5 rings (SSSR count). The molecule has 0 atom stereocenters. The summed E-state index contributed by atoms with van der Waals surface area (Å²) in [7, 11) is 0. The summed E-state index contributed by atoms with van der Waals surface area (Å²) in [6.45, 7) is 2.24. The van der Waals surface area contributed by atoms with E-state index in [0.29, 0.717) is 53.9 Å². The first-order chi connectivity index (χ1) is 16.2. The predicted octanol–water partition coefficient (Wildman–Crippen LogP) is 3.58. The number of rotatable bonds is 5. The van der Waals surface area contributed by atoms with E-state index in [2.05, 4.69) is 20.3 Å². The molecule has 9 nitrogen and oxygen atoms in total. The van der Waals surface area contributed by atoms with Crippen molar-refractivity contribution in [2.24, 2.45) is 0 Å². The second-order valence-electron chi connectivity index (χ2n) is 7.22. The van der Waals surface area contributed by atoms with E-state index in [1.807, 2.05) is 23.6 Å². The minimum Gasteiger partial charge on any atom is -0.438 e. The highest BCUT2D eigenvalue weighted by Crippen LogP contribution is 2.26. The second kappa shape index (κ2) is 9.31. The van der Waals surface area contributed by atoms with Gasteiger partial charge < -0.3 is 14.1 Å². The lowest BCUT2D eigenvalue weighted by molar-refractivity contribution is 0.0303. The average Bonchev–Trinajstić information content (AvgIpc) is 3.55. The van der Waals surface area contributed by atoms with Gasteiger partial charge in [0.15, 0.2) is 11.5 Å². The SMILES string of the molecule is O=C(Nc1nc(-c2ccccn2)cs1)c1ocnc1-c1ccc(C(=O)N2CCOCC2)cc1. The number of hydrogen-bond acceptors (Lipinski definition) is 8. The molecule has 4 heterocycles. The minimum atomic E-state index is -0.460. The molecule has 2 amide bonds. The summed E-state index contributed by atoms with van der Waals surface area (Å²) < 4.78 is 10.7. The summed E-state index contributed by atoms with van der Waals surface area (Å²) in [5.74, 6) is -0.440. The van der Waals surface area contributed by atoms with Crippen molar-refractivity contribution >= 4 is 28.3 Å². The topological polar surface area (TPSA) is 110 Å². The number of pyridine rings is 1. The van der Waals surface area contributed by atoms with Crippen molar-refractivity contribution in [1.29, 1.82) is 0 Å². The summed E-state index contributed by atoms with van der Waals surface area (Å²) in [4.78, 5) is 40.1. The first-order valence-electron chi connectivity index (χ1n) is 10.3. The molecule has 1 aliphatic heterocycles. The molecule has 0 spiro atoms. The van der Waals surface area contributed by atoms with Crippen molar-refractivity contribution in [2.75, 3.05) is 31.6 Å². The lowest BCUT2D eigenvalue weighted by atomic mass is 10.1. The highest BCUT2D eigenvalue weighted by atomic mass is 32.1. The van der Waals surface area contributed by atoms with E-state index in [9.17, 15) is 9.59 Å². The number of anilines is 1. The van der Waals surface area contributed by atoms with Crippen LogP contribution in [0.5, 0.6) is 0 Å². The van der Waals surface area contributed by atoms with Crippen LogP contribution in [-0.4, -0.2) is 58.0 Å². The number of benzene rings is 1. The van der Waals surface area contributed by atoms with Crippen LogP contribution >= 0.6 is 11.3 Å². The van der Waals surface area contributed by atoms with Crippen LogP contribution in [0.3, 0.4) is 0 Å². The maximum Gasteiger partial charge on any atom is 0.295 e. The van der Waals surface area contributed by atoms with Crippen molar-refractivity contribution in [3.8, 4) is 22.6 Å². The molecule has 10 heteroatoms. The second-order valence-corrected chi connectivity index (χ2v) is 8.08. The normalized spacial score (nSPS) is 13.6. The zero-order chi connectivity index (χ0) is 22.6. The van der Waals surface area contributed by atoms with Crippen LogP contribution in [0.15, 0.2) is 64.9 Å². The molecule has 1 fully saturated rings. The van der Waals surface area contributed by atoms with Crippen LogP contribution < -0.4 is 5.32 Å². The number of hydrogen-bond donors (Lipinski definition) is 1. The molecule has 1 N–H and O–H groups in total. The van der Waals surface area contributed by atoms with Gasteiger partial charge in [-0.15, -0.1) is 11.3 Å². The third-order valence-corrected chi connectivity index (χ3v) is 5.89. The third kappa shape index (κ3) is 4.52. The van der Waals surface area contributed by atoms with Crippen LogP contribution in [0.1, 0.15) is 20.9 Å². The van der Waals surface area contributed by atoms with Crippen molar-refractivity contribution in [1.82, 2.24) is 19.9 Å². The molecule has 1 saturated heterocycles. The molecule has 0 unspecified atom stereocenters. The molecule has 4 aromatic rings. The molecule has 0 radical (unpaired) electrons. The van der Waals surface area contributed by atoms with E-state index >= 15 is 0 Å². The van der Waals surface area contributed by atoms with Crippen LogP contribution in [0, 0.1) is 0 Å². The lowest BCUT2D eigenvalue weighted by Crippen LogP contribution is -2.40. The largest absolute Gasteiger partial charge is 0.438 e. The highest BCUT2D eigenvalue weighted by Gasteiger charge is 2.22. The number of oxazole rings is 1. The van der Waals surface area contributed by atoms with Gasteiger partial charge in [-0.25, -0.2) is 9.97 Å². The maximum atomic E-state index is 12.8. The molecule has 33 heavy (non-hydrogen) atoms. The smallest absolute Gasteiger partial charge is 0.295 e. The standard InChI is InChI=1S/C23H19N5O4S/c29-21(27-23-26-18(13-33-23)17-3-1-2-8-24-17)20-19(25-14-32-20)15-4-6-16(7-5-15)22(30)28-9-11-31-12-10-28/h1-8,13-14H,9-12H2,(H,26,27,29). The maximum absolute atomic E-state index is 12.8. The Bertz CT molecular complexity index is 1260. The molecule has 0 bridgehead atoms. The van der Waals surface area contributed by atoms with E-state index < -0.39 is 5.91 Å². The molecular formula is C23H19N5O4S. The van der Waals surface area contributed by atoms with E-state index in [0.717, 1.165) is 5.69 Å². The number of ether oxygens (including phenoxy) is 1. The van der Waals surface area contributed by atoms with Gasteiger partial charge in [-0.1, -0.05) is 18.2 Å². The summed E-state index contributed by atoms with van der Waals surface area (Å²) in [6, 6.07) is 12.5.